The molecule has 6 heteroatoms. The summed E-state index contributed by atoms with van der Waals surface area (Å²) in [4.78, 5) is 5.64. The molecule has 16 heavy (non-hydrogen) atoms. The predicted octanol–water partition coefficient (Wildman–Crippen LogP) is 3.76. The highest BCUT2D eigenvalue weighted by atomic mass is 32.1. The van der Waals surface area contributed by atoms with Crippen LogP contribution in [0.1, 0.15) is 37.6 Å². The Morgan fingerprint density at radius 1 is 1.50 bits per heavy atom. The number of rotatable bonds is 4. The van der Waals surface area contributed by atoms with Gasteiger partial charge in [-0.3, -0.25) is 0 Å². The van der Waals surface area contributed by atoms with Gasteiger partial charge in [0.05, 0.1) is 11.2 Å². The van der Waals surface area contributed by atoms with Crippen molar-refractivity contribution in [1.29, 1.82) is 0 Å². The standard InChI is InChI=1S/C10H13N3OS2/c1-3-6(4-2)9-11-5-7(16-9)8-12-13-10(15)14-8/h5-6H,3-4H2,1-2H3,(H,13,15). The van der Waals surface area contributed by atoms with Gasteiger partial charge in [0, 0.05) is 5.92 Å². The molecule has 0 aromatic carbocycles. The molecule has 86 valence electrons. The summed E-state index contributed by atoms with van der Waals surface area (Å²) in [7, 11) is 0. The first-order valence-electron chi connectivity index (χ1n) is 5.26. The predicted molar refractivity (Wildman–Crippen MR) is 66.1 cm³/mol. The zero-order valence-corrected chi connectivity index (χ0v) is 10.8. The second-order valence-electron chi connectivity index (χ2n) is 3.49. The van der Waals surface area contributed by atoms with E-state index in [1.807, 2.05) is 0 Å². The second kappa shape index (κ2) is 4.88. The van der Waals surface area contributed by atoms with Crippen LogP contribution in [-0.2, 0) is 0 Å². The lowest BCUT2D eigenvalue weighted by Crippen LogP contribution is -1.92. The maximum Gasteiger partial charge on any atom is 0.284 e. The summed E-state index contributed by atoms with van der Waals surface area (Å²) in [5.41, 5.74) is 0. The van der Waals surface area contributed by atoms with Gasteiger partial charge in [-0.25, -0.2) is 10.1 Å². The molecule has 2 rings (SSSR count). The summed E-state index contributed by atoms with van der Waals surface area (Å²) in [6.45, 7) is 4.35. The molecule has 1 N–H and O–H groups in total. The van der Waals surface area contributed by atoms with Crippen LogP contribution in [0, 0.1) is 4.84 Å². The molecule has 4 nitrogen and oxygen atoms in total. The van der Waals surface area contributed by atoms with Crippen LogP contribution in [0.25, 0.3) is 10.8 Å². The highest BCUT2D eigenvalue weighted by molar-refractivity contribution is 7.71. The summed E-state index contributed by atoms with van der Waals surface area (Å²) >= 11 is 6.46. The molecule has 0 aliphatic carbocycles. The minimum atomic E-state index is 0.299. The minimum Gasteiger partial charge on any atom is -0.408 e. The third kappa shape index (κ3) is 2.22. The summed E-state index contributed by atoms with van der Waals surface area (Å²) in [6, 6.07) is 0. The Morgan fingerprint density at radius 2 is 2.25 bits per heavy atom. The van der Waals surface area contributed by atoms with Gasteiger partial charge in [-0.1, -0.05) is 13.8 Å². The number of H-pyrrole nitrogens is 1. The molecule has 0 spiro atoms. The molecule has 2 aromatic rings. The minimum absolute atomic E-state index is 0.299. The Balaban J connectivity index is 2.28. The fourth-order valence-corrected chi connectivity index (χ4v) is 2.78. The summed E-state index contributed by atoms with van der Waals surface area (Å²) < 4.78 is 5.25. The van der Waals surface area contributed by atoms with Crippen LogP contribution in [0.15, 0.2) is 10.6 Å². The Morgan fingerprint density at radius 3 is 2.81 bits per heavy atom. The van der Waals surface area contributed by atoms with Crippen molar-refractivity contribution in [2.75, 3.05) is 0 Å². The molecular formula is C10H13N3OS2. The van der Waals surface area contributed by atoms with Crippen molar-refractivity contribution in [3.05, 3.63) is 16.0 Å². The summed E-state index contributed by atoms with van der Waals surface area (Å²) in [5, 5.41) is 7.74. The van der Waals surface area contributed by atoms with Crippen LogP contribution in [-0.4, -0.2) is 15.2 Å². The van der Waals surface area contributed by atoms with E-state index in [1.165, 1.54) is 0 Å². The average molecular weight is 255 g/mol. The van der Waals surface area contributed by atoms with Crippen LogP contribution in [0.3, 0.4) is 0 Å². The number of nitrogens with one attached hydrogen (secondary N) is 1. The van der Waals surface area contributed by atoms with Crippen LogP contribution in [0.2, 0.25) is 0 Å². The van der Waals surface area contributed by atoms with Crippen molar-refractivity contribution in [2.45, 2.75) is 32.6 Å². The van der Waals surface area contributed by atoms with E-state index in [1.54, 1.807) is 17.5 Å². The Kier molecular flexibility index (Phi) is 3.50. The molecule has 0 atom stereocenters. The molecule has 0 fully saturated rings. The lowest BCUT2D eigenvalue weighted by Gasteiger charge is -2.06. The lowest BCUT2D eigenvalue weighted by molar-refractivity contribution is 0.553. The Hall–Kier alpha value is -1.01. The zero-order valence-electron chi connectivity index (χ0n) is 9.19. The molecule has 0 unspecified atom stereocenters. The number of hydrogen-bond acceptors (Lipinski definition) is 5. The van der Waals surface area contributed by atoms with Gasteiger partial charge < -0.3 is 4.42 Å². The van der Waals surface area contributed by atoms with E-state index >= 15 is 0 Å². The monoisotopic (exact) mass is 255 g/mol. The third-order valence-corrected chi connectivity index (χ3v) is 3.83. The van der Waals surface area contributed by atoms with Crippen molar-refractivity contribution in [3.63, 3.8) is 0 Å². The molecule has 2 aromatic heterocycles. The second-order valence-corrected chi connectivity index (χ2v) is 4.93. The summed E-state index contributed by atoms with van der Waals surface area (Å²) in [6.07, 6.45) is 4.01. The summed E-state index contributed by atoms with van der Waals surface area (Å²) in [5.74, 6) is 1.06. The van der Waals surface area contributed by atoms with Crippen LogP contribution in [0.4, 0.5) is 0 Å². The molecule has 0 saturated heterocycles. The first-order valence-corrected chi connectivity index (χ1v) is 6.48. The highest BCUT2D eigenvalue weighted by Crippen LogP contribution is 2.31. The van der Waals surface area contributed by atoms with E-state index in [9.17, 15) is 0 Å². The van der Waals surface area contributed by atoms with Crippen molar-refractivity contribution >= 4 is 23.6 Å². The number of thiazole rings is 1. The number of nitrogens with zero attached hydrogens (tertiary/aromatic N) is 2. The zero-order chi connectivity index (χ0) is 11.5. The average Bonchev–Trinajstić information content (AvgIpc) is 2.89. The number of aromatic amines is 1. The lowest BCUT2D eigenvalue weighted by atomic mass is 10.1. The van der Waals surface area contributed by atoms with Gasteiger partial charge >= 0.3 is 0 Å². The van der Waals surface area contributed by atoms with Crippen LogP contribution < -0.4 is 0 Å². The van der Waals surface area contributed by atoms with Crippen molar-refractivity contribution in [1.82, 2.24) is 15.2 Å². The Bertz CT molecular complexity index is 510. The first-order chi connectivity index (χ1) is 7.74. The molecule has 0 bridgehead atoms. The van der Waals surface area contributed by atoms with Gasteiger partial charge in [0.2, 0.25) is 0 Å². The largest absolute Gasteiger partial charge is 0.408 e. The van der Waals surface area contributed by atoms with Crippen LogP contribution >= 0.6 is 23.6 Å². The van der Waals surface area contributed by atoms with E-state index in [2.05, 4.69) is 29.0 Å². The van der Waals surface area contributed by atoms with Gasteiger partial charge in [0.1, 0.15) is 4.88 Å². The van der Waals surface area contributed by atoms with Gasteiger partial charge in [-0.2, -0.15) is 0 Å². The smallest absolute Gasteiger partial charge is 0.284 e. The van der Waals surface area contributed by atoms with E-state index in [0.29, 0.717) is 16.6 Å². The molecule has 0 amide bonds. The molecule has 2 heterocycles. The molecule has 0 aliphatic rings. The van der Waals surface area contributed by atoms with Gasteiger partial charge in [0.15, 0.2) is 0 Å². The number of aromatic nitrogens is 3. The third-order valence-electron chi connectivity index (χ3n) is 2.51. The van der Waals surface area contributed by atoms with Crippen molar-refractivity contribution in [2.24, 2.45) is 0 Å². The Labute approximate surface area is 103 Å². The quantitative estimate of drug-likeness (QED) is 0.845. The van der Waals surface area contributed by atoms with E-state index < -0.39 is 0 Å². The normalized spacial score (nSPS) is 11.2. The highest BCUT2D eigenvalue weighted by Gasteiger charge is 2.14. The first kappa shape index (κ1) is 11.5. The van der Waals surface area contributed by atoms with E-state index in [0.717, 1.165) is 22.7 Å². The van der Waals surface area contributed by atoms with E-state index in [4.69, 9.17) is 16.6 Å². The van der Waals surface area contributed by atoms with Crippen LogP contribution in [0.5, 0.6) is 0 Å². The fraction of sp³-hybridized carbons (Fsp3) is 0.500. The fourth-order valence-electron chi connectivity index (χ4n) is 1.55. The van der Waals surface area contributed by atoms with Crippen molar-refractivity contribution < 1.29 is 4.42 Å². The molecular weight excluding hydrogens is 242 g/mol. The van der Waals surface area contributed by atoms with Gasteiger partial charge in [-0.15, -0.1) is 16.4 Å². The molecule has 0 radical (unpaired) electrons. The van der Waals surface area contributed by atoms with Gasteiger partial charge in [-0.05, 0) is 25.1 Å². The number of hydrogen-bond donors (Lipinski definition) is 1. The van der Waals surface area contributed by atoms with Gasteiger partial charge in [0.25, 0.3) is 10.7 Å². The van der Waals surface area contributed by atoms with Crippen molar-refractivity contribution in [3.8, 4) is 10.8 Å². The molecule has 0 aliphatic heterocycles. The SMILES string of the molecule is CCC(CC)c1ncc(-c2n[nH]c(=S)o2)s1. The maximum absolute atomic E-state index is 5.25. The van der Waals surface area contributed by atoms with E-state index in [-0.39, 0.29) is 0 Å². The maximum atomic E-state index is 5.25. The molecule has 0 saturated carbocycles. The topological polar surface area (TPSA) is 54.7 Å².